The molecule has 0 amide bonds. The maximum absolute atomic E-state index is 6.15. The first kappa shape index (κ1) is 10.5. The van der Waals surface area contributed by atoms with Crippen LogP contribution in [0.4, 0.5) is 0 Å². The molecule has 80 valence electrons. The topological polar surface area (TPSA) is 9.23 Å². The van der Waals surface area contributed by atoms with Gasteiger partial charge in [0.15, 0.2) is 0 Å². The molecule has 0 N–H and O–H groups in total. The highest BCUT2D eigenvalue weighted by Crippen LogP contribution is 2.58. The van der Waals surface area contributed by atoms with E-state index in [4.69, 9.17) is 51.1 Å². The van der Waals surface area contributed by atoms with Gasteiger partial charge >= 0.3 is 0 Å². The van der Waals surface area contributed by atoms with E-state index >= 15 is 0 Å². The second-order valence-electron chi connectivity index (χ2n) is 3.77. The summed E-state index contributed by atoms with van der Waals surface area (Å²) < 4.78 is 5.73. The molecule has 2 heterocycles. The second-order valence-corrected chi connectivity index (χ2v) is 5.29. The Kier molecular flexibility index (Phi) is 2.39. The van der Waals surface area contributed by atoms with Crippen molar-refractivity contribution >= 4 is 46.4 Å². The van der Waals surface area contributed by atoms with Crippen molar-refractivity contribution in [1.29, 1.82) is 0 Å². The van der Waals surface area contributed by atoms with Crippen molar-refractivity contribution in [3.05, 3.63) is 31.2 Å². The Morgan fingerprint density at radius 2 is 1.13 bits per heavy atom. The van der Waals surface area contributed by atoms with Gasteiger partial charge in [0.25, 0.3) is 0 Å². The van der Waals surface area contributed by atoms with Crippen LogP contribution >= 0.6 is 46.4 Å². The fourth-order valence-corrected chi connectivity index (χ4v) is 3.48. The molecule has 1 aromatic rings. The first-order valence-corrected chi connectivity index (χ1v) is 6.13. The van der Waals surface area contributed by atoms with Crippen molar-refractivity contribution in [2.24, 2.45) is 0 Å². The van der Waals surface area contributed by atoms with Crippen molar-refractivity contribution in [3.63, 3.8) is 0 Å². The molecule has 2 aliphatic heterocycles. The average Bonchev–Trinajstić information content (AvgIpc) is 2.82. The normalized spacial score (nSPS) is 27.2. The van der Waals surface area contributed by atoms with Crippen LogP contribution in [-0.4, -0.2) is 0 Å². The van der Waals surface area contributed by atoms with Gasteiger partial charge in [-0.05, 0) is 12.8 Å². The van der Waals surface area contributed by atoms with E-state index in [-0.39, 0.29) is 12.2 Å². The van der Waals surface area contributed by atoms with Crippen LogP contribution in [0.15, 0.2) is 0 Å². The van der Waals surface area contributed by atoms with E-state index in [2.05, 4.69) is 0 Å². The minimum atomic E-state index is 0.0461. The zero-order valence-electron chi connectivity index (χ0n) is 7.49. The molecule has 0 spiro atoms. The Hall–Kier alpha value is 0.340. The van der Waals surface area contributed by atoms with E-state index in [0.29, 0.717) is 20.1 Å². The summed E-state index contributed by atoms with van der Waals surface area (Å²) in [4.78, 5) is 0. The Labute approximate surface area is 107 Å². The molecule has 2 atom stereocenters. The summed E-state index contributed by atoms with van der Waals surface area (Å²) in [6.45, 7) is 0. The van der Waals surface area contributed by atoms with Gasteiger partial charge in [-0.15, -0.1) is 0 Å². The molecule has 2 unspecified atom stereocenters. The van der Waals surface area contributed by atoms with Gasteiger partial charge in [0, 0.05) is 11.1 Å². The average molecular weight is 284 g/mol. The summed E-state index contributed by atoms with van der Waals surface area (Å²) in [5.74, 6) is 0. The van der Waals surface area contributed by atoms with Crippen LogP contribution in [0.3, 0.4) is 0 Å². The predicted octanol–water partition coefficient (Wildman–Crippen LogP) is 5.21. The lowest BCUT2D eigenvalue weighted by atomic mass is 9.91. The van der Waals surface area contributed by atoms with Crippen molar-refractivity contribution in [2.45, 2.75) is 25.0 Å². The van der Waals surface area contributed by atoms with Crippen LogP contribution < -0.4 is 0 Å². The van der Waals surface area contributed by atoms with E-state index in [1.807, 2.05) is 0 Å². The monoisotopic (exact) mass is 282 g/mol. The standard InChI is InChI=1S/C10H6Cl4O/c11-7-5-3-1-2-4(15-3)6(5)8(12)10(14)9(7)13/h3-4H,1-2H2. The lowest BCUT2D eigenvalue weighted by molar-refractivity contribution is 0.0717. The van der Waals surface area contributed by atoms with Crippen LogP contribution in [-0.2, 0) is 4.74 Å². The summed E-state index contributed by atoms with van der Waals surface area (Å²) in [6, 6.07) is 0. The lowest BCUT2D eigenvalue weighted by Gasteiger charge is -2.17. The highest BCUT2D eigenvalue weighted by molar-refractivity contribution is 6.52. The number of halogens is 4. The summed E-state index contributed by atoms with van der Waals surface area (Å²) in [7, 11) is 0. The minimum Gasteiger partial charge on any atom is -0.365 e. The molecule has 0 aromatic heterocycles. The highest BCUT2D eigenvalue weighted by Gasteiger charge is 2.42. The van der Waals surface area contributed by atoms with Crippen molar-refractivity contribution in [1.82, 2.24) is 0 Å². The Morgan fingerprint density at radius 3 is 1.53 bits per heavy atom. The fraction of sp³-hybridized carbons (Fsp3) is 0.400. The second kappa shape index (κ2) is 3.41. The number of hydrogen-bond acceptors (Lipinski definition) is 1. The zero-order chi connectivity index (χ0) is 10.7. The van der Waals surface area contributed by atoms with E-state index in [1.165, 1.54) is 0 Å². The number of hydrogen-bond donors (Lipinski definition) is 0. The van der Waals surface area contributed by atoms with Crippen molar-refractivity contribution in [3.8, 4) is 0 Å². The smallest absolute Gasteiger partial charge is 0.0853 e. The SMILES string of the molecule is Clc1c(Cl)c(Cl)c2c(c1Cl)C1CCC2O1. The first-order chi connectivity index (χ1) is 7.11. The van der Waals surface area contributed by atoms with Gasteiger partial charge < -0.3 is 4.74 Å². The van der Waals surface area contributed by atoms with Gasteiger partial charge in [-0.3, -0.25) is 0 Å². The summed E-state index contributed by atoms with van der Waals surface area (Å²) in [5.41, 5.74) is 1.87. The largest absolute Gasteiger partial charge is 0.365 e. The molecule has 1 fully saturated rings. The third kappa shape index (κ3) is 1.28. The predicted molar refractivity (Wildman–Crippen MR) is 62.3 cm³/mol. The molecule has 1 nitrogen and oxygen atoms in total. The molecule has 1 aromatic carbocycles. The van der Waals surface area contributed by atoms with Gasteiger partial charge in [-0.1, -0.05) is 46.4 Å². The lowest BCUT2D eigenvalue weighted by Crippen LogP contribution is -2.01. The highest BCUT2D eigenvalue weighted by atomic mass is 35.5. The van der Waals surface area contributed by atoms with Crippen LogP contribution in [0.2, 0.25) is 20.1 Å². The third-order valence-corrected chi connectivity index (χ3v) is 4.84. The van der Waals surface area contributed by atoms with Crippen LogP contribution in [0.1, 0.15) is 36.2 Å². The molecule has 1 saturated heterocycles. The quantitative estimate of drug-likeness (QED) is 0.469. The molecule has 0 radical (unpaired) electrons. The summed E-state index contributed by atoms with van der Waals surface area (Å²) >= 11 is 24.3. The minimum absolute atomic E-state index is 0.0461. The maximum atomic E-state index is 6.15. The van der Waals surface area contributed by atoms with E-state index in [1.54, 1.807) is 0 Å². The van der Waals surface area contributed by atoms with Gasteiger partial charge in [0.05, 0.1) is 32.3 Å². The van der Waals surface area contributed by atoms with Crippen LogP contribution in [0.5, 0.6) is 0 Å². The van der Waals surface area contributed by atoms with E-state index in [0.717, 1.165) is 24.0 Å². The van der Waals surface area contributed by atoms with Crippen molar-refractivity contribution < 1.29 is 4.74 Å². The van der Waals surface area contributed by atoms with Gasteiger partial charge in [0.1, 0.15) is 0 Å². The number of fused-ring (bicyclic) bond motifs is 5. The molecular weight excluding hydrogens is 278 g/mol. The Balaban J connectivity index is 2.36. The number of ether oxygens (including phenoxy) is 1. The fourth-order valence-electron chi connectivity index (χ4n) is 2.36. The van der Waals surface area contributed by atoms with E-state index < -0.39 is 0 Å². The molecule has 3 rings (SSSR count). The summed E-state index contributed by atoms with van der Waals surface area (Å²) in [5, 5.41) is 1.65. The first-order valence-electron chi connectivity index (χ1n) is 4.62. The van der Waals surface area contributed by atoms with Gasteiger partial charge in [-0.2, -0.15) is 0 Å². The van der Waals surface area contributed by atoms with Crippen LogP contribution in [0, 0.1) is 0 Å². The van der Waals surface area contributed by atoms with Crippen LogP contribution in [0.25, 0.3) is 0 Å². The third-order valence-electron chi connectivity index (χ3n) is 3.00. The maximum Gasteiger partial charge on any atom is 0.0853 e. The van der Waals surface area contributed by atoms with E-state index in [9.17, 15) is 0 Å². The zero-order valence-corrected chi connectivity index (χ0v) is 10.5. The van der Waals surface area contributed by atoms with Gasteiger partial charge in [-0.25, -0.2) is 0 Å². The molecular formula is C10H6Cl4O. The molecule has 0 saturated carbocycles. The molecule has 2 bridgehead atoms. The number of benzene rings is 1. The Bertz CT molecular complexity index is 416. The van der Waals surface area contributed by atoms with Gasteiger partial charge in [0.2, 0.25) is 0 Å². The molecule has 0 aliphatic carbocycles. The molecule has 2 aliphatic rings. The molecule has 15 heavy (non-hydrogen) atoms. The number of rotatable bonds is 0. The van der Waals surface area contributed by atoms with Crippen molar-refractivity contribution in [2.75, 3.05) is 0 Å². The molecule has 5 heteroatoms. The summed E-state index contributed by atoms with van der Waals surface area (Å²) in [6.07, 6.45) is 2.05. The Morgan fingerprint density at radius 1 is 0.733 bits per heavy atom.